The summed E-state index contributed by atoms with van der Waals surface area (Å²) in [4.78, 5) is 13.4. The van der Waals surface area contributed by atoms with Crippen LogP contribution in [0.2, 0.25) is 0 Å². The number of amides is 1. The summed E-state index contributed by atoms with van der Waals surface area (Å²) in [5, 5.41) is 12.9. The Morgan fingerprint density at radius 1 is 1.19 bits per heavy atom. The first kappa shape index (κ1) is 17.9. The highest BCUT2D eigenvalue weighted by Gasteiger charge is 2.19. The minimum atomic E-state index is -0.298. The molecule has 0 aliphatic rings. The molecule has 3 rings (SSSR count). The van der Waals surface area contributed by atoms with Crippen LogP contribution in [0.4, 0.5) is 5.69 Å². The SMILES string of the molecule is COc1ccc(C(=O)Nc2ccsc2-c2nnc(C(C)C)o2)c(OC)c1. The molecule has 2 heterocycles. The summed E-state index contributed by atoms with van der Waals surface area (Å²) in [6.45, 7) is 3.95. The third-order valence-corrected chi connectivity index (χ3v) is 4.60. The molecule has 0 fully saturated rings. The molecule has 26 heavy (non-hydrogen) atoms. The smallest absolute Gasteiger partial charge is 0.259 e. The van der Waals surface area contributed by atoms with Crippen molar-refractivity contribution >= 4 is 22.9 Å². The number of methoxy groups -OCH3 is 2. The monoisotopic (exact) mass is 373 g/mol. The zero-order valence-corrected chi connectivity index (χ0v) is 15.7. The van der Waals surface area contributed by atoms with Crippen molar-refractivity contribution in [1.82, 2.24) is 10.2 Å². The minimum absolute atomic E-state index is 0.137. The highest BCUT2D eigenvalue weighted by Crippen LogP contribution is 2.34. The number of carbonyl (C=O) groups is 1. The highest BCUT2D eigenvalue weighted by molar-refractivity contribution is 7.14. The van der Waals surface area contributed by atoms with Gasteiger partial charge in [-0.1, -0.05) is 13.8 Å². The molecule has 0 spiro atoms. The minimum Gasteiger partial charge on any atom is -0.497 e. The Morgan fingerprint density at radius 3 is 2.65 bits per heavy atom. The lowest BCUT2D eigenvalue weighted by atomic mass is 10.1. The van der Waals surface area contributed by atoms with Crippen LogP contribution < -0.4 is 14.8 Å². The molecule has 3 aromatic rings. The molecule has 2 aromatic heterocycles. The summed E-state index contributed by atoms with van der Waals surface area (Å²) in [5.41, 5.74) is 1.01. The Bertz CT molecular complexity index is 917. The number of rotatable bonds is 6. The largest absolute Gasteiger partial charge is 0.497 e. The predicted octanol–water partition coefficient (Wildman–Crippen LogP) is 4.19. The van der Waals surface area contributed by atoms with E-state index in [4.69, 9.17) is 13.9 Å². The highest BCUT2D eigenvalue weighted by atomic mass is 32.1. The van der Waals surface area contributed by atoms with Crippen LogP contribution in [0.25, 0.3) is 10.8 Å². The van der Waals surface area contributed by atoms with Crippen LogP contribution in [-0.2, 0) is 0 Å². The molecule has 0 bridgehead atoms. The molecular formula is C18H19N3O4S. The van der Waals surface area contributed by atoms with Gasteiger partial charge < -0.3 is 19.2 Å². The van der Waals surface area contributed by atoms with E-state index in [0.717, 1.165) is 0 Å². The number of anilines is 1. The summed E-state index contributed by atoms with van der Waals surface area (Å²) >= 11 is 1.42. The average molecular weight is 373 g/mol. The van der Waals surface area contributed by atoms with Crippen LogP contribution in [0, 0.1) is 0 Å². The molecule has 0 aliphatic carbocycles. The van der Waals surface area contributed by atoms with Crippen molar-refractivity contribution < 1.29 is 18.7 Å². The van der Waals surface area contributed by atoms with E-state index in [1.165, 1.54) is 18.4 Å². The number of hydrogen-bond donors (Lipinski definition) is 1. The maximum atomic E-state index is 12.7. The fourth-order valence-electron chi connectivity index (χ4n) is 2.31. The Labute approximate surface area is 155 Å². The van der Waals surface area contributed by atoms with Crippen molar-refractivity contribution in [2.24, 2.45) is 0 Å². The summed E-state index contributed by atoms with van der Waals surface area (Å²) in [5.74, 6) is 1.83. The lowest BCUT2D eigenvalue weighted by Gasteiger charge is -2.10. The van der Waals surface area contributed by atoms with Gasteiger partial charge in [0.1, 0.15) is 16.4 Å². The second-order valence-electron chi connectivity index (χ2n) is 5.78. The van der Waals surface area contributed by atoms with E-state index in [2.05, 4.69) is 15.5 Å². The first-order valence-corrected chi connectivity index (χ1v) is 8.86. The normalized spacial score (nSPS) is 10.8. The molecule has 0 saturated heterocycles. The average Bonchev–Trinajstić information content (AvgIpc) is 3.30. The van der Waals surface area contributed by atoms with E-state index in [1.54, 1.807) is 31.4 Å². The van der Waals surface area contributed by atoms with Crippen LogP contribution in [0.15, 0.2) is 34.1 Å². The van der Waals surface area contributed by atoms with E-state index in [9.17, 15) is 4.79 Å². The summed E-state index contributed by atoms with van der Waals surface area (Å²) in [6.07, 6.45) is 0. The quantitative estimate of drug-likeness (QED) is 0.697. The number of ether oxygens (including phenoxy) is 2. The third-order valence-electron chi connectivity index (χ3n) is 3.70. The molecule has 0 aliphatic heterocycles. The molecule has 0 radical (unpaired) electrons. The maximum absolute atomic E-state index is 12.7. The number of thiophene rings is 1. The predicted molar refractivity (Wildman–Crippen MR) is 99.2 cm³/mol. The number of nitrogens with zero attached hydrogens (tertiary/aromatic N) is 2. The second kappa shape index (κ2) is 7.57. The number of aromatic nitrogens is 2. The fraction of sp³-hybridized carbons (Fsp3) is 0.278. The van der Waals surface area contributed by atoms with Crippen LogP contribution in [0.1, 0.15) is 36.0 Å². The number of carbonyl (C=O) groups excluding carboxylic acids is 1. The first-order chi connectivity index (χ1) is 12.5. The molecule has 0 unspecified atom stereocenters. The topological polar surface area (TPSA) is 86.5 Å². The van der Waals surface area contributed by atoms with Crippen molar-refractivity contribution in [1.29, 1.82) is 0 Å². The van der Waals surface area contributed by atoms with E-state index in [-0.39, 0.29) is 11.8 Å². The van der Waals surface area contributed by atoms with Gasteiger partial charge in [0, 0.05) is 12.0 Å². The molecule has 1 aromatic carbocycles. The molecule has 8 heteroatoms. The molecule has 1 amide bonds. The van der Waals surface area contributed by atoms with Crippen molar-refractivity contribution in [2.75, 3.05) is 19.5 Å². The standard InChI is InChI=1S/C18H19N3O4S/c1-10(2)17-20-21-18(25-17)15-13(7-8-26-15)19-16(22)12-6-5-11(23-3)9-14(12)24-4/h5-10H,1-4H3,(H,19,22). The van der Waals surface area contributed by atoms with Gasteiger partial charge in [-0.2, -0.15) is 0 Å². The zero-order valence-electron chi connectivity index (χ0n) is 14.9. The molecular weight excluding hydrogens is 354 g/mol. The third kappa shape index (κ3) is 3.55. The van der Waals surface area contributed by atoms with Gasteiger partial charge in [0.25, 0.3) is 11.8 Å². The van der Waals surface area contributed by atoms with Gasteiger partial charge in [-0.15, -0.1) is 21.5 Å². The Morgan fingerprint density at radius 2 is 2.00 bits per heavy atom. The van der Waals surface area contributed by atoms with Gasteiger partial charge in [-0.05, 0) is 23.6 Å². The maximum Gasteiger partial charge on any atom is 0.259 e. The Hall–Kier alpha value is -2.87. The van der Waals surface area contributed by atoms with E-state index in [1.807, 2.05) is 19.2 Å². The van der Waals surface area contributed by atoms with Crippen LogP contribution in [0.5, 0.6) is 11.5 Å². The summed E-state index contributed by atoms with van der Waals surface area (Å²) in [6, 6.07) is 6.82. The fourth-order valence-corrected chi connectivity index (χ4v) is 3.08. The number of hydrogen-bond acceptors (Lipinski definition) is 7. The lowest BCUT2D eigenvalue weighted by Crippen LogP contribution is -2.13. The van der Waals surface area contributed by atoms with Crippen molar-refractivity contribution in [3.05, 3.63) is 41.1 Å². The van der Waals surface area contributed by atoms with E-state index >= 15 is 0 Å². The Kier molecular flexibility index (Phi) is 5.22. The lowest BCUT2D eigenvalue weighted by molar-refractivity contribution is 0.102. The molecule has 1 N–H and O–H groups in total. The van der Waals surface area contributed by atoms with Crippen molar-refractivity contribution in [3.63, 3.8) is 0 Å². The van der Waals surface area contributed by atoms with Crippen LogP contribution in [-0.4, -0.2) is 30.3 Å². The molecule has 0 atom stereocenters. The van der Waals surface area contributed by atoms with Crippen molar-refractivity contribution in [3.8, 4) is 22.3 Å². The van der Waals surface area contributed by atoms with Crippen molar-refractivity contribution in [2.45, 2.75) is 19.8 Å². The van der Waals surface area contributed by atoms with Gasteiger partial charge in [0.2, 0.25) is 5.89 Å². The first-order valence-electron chi connectivity index (χ1n) is 7.98. The van der Waals surface area contributed by atoms with E-state index < -0.39 is 0 Å². The summed E-state index contributed by atoms with van der Waals surface area (Å²) < 4.78 is 16.1. The Balaban J connectivity index is 1.86. The van der Waals surface area contributed by atoms with Gasteiger partial charge in [-0.3, -0.25) is 4.79 Å². The van der Waals surface area contributed by atoms with Crippen LogP contribution in [0.3, 0.4) is 0 Å². The zero-order chi connectivity index (χ0) is 18.7. The van der Waals surface area contributed by atoms with Gasteiger partial charge in [-0.25, -0.2) is 0 Å². The number of nitrogens with one attached hydrogen (secondary N) is 1. The molecule has 0 saturated carbocycles. The second-order valence-corrected chi connectivity index (χ2v) is 6.70. The van der Waals surface area contributed by atoms with Crippen LogP contribution >= 0.6 is 11.3 Å². The summed E-state index contributed by atoms with van der Waals surface area (Å²) in [7, 11) is 3.06. The molecule has 7 nitrogen and oxygen atoms in total. The van der Waals surface area contributed by atoms with Gasteiger partial charge in [0.15, 0.2) is 0 Å². The van der Waals surface area contributed by atoms with Gasteiger partial charge >= 0.3 is 0 Å². The van der Waals surface area contributed by atoms with Gasteiger partial charge in [0.05, 0.1) is 25.5 Å². The number of benzene rings is 1. The molecule has 136 valence electrons. The van der Waals surface area contributed by atoms with E-state index in [0.29, 0.717) is 39.4 Å².